The number of nitrogens with one attached hydrogen (secondary N) is 2. The standard InChI is InChI=1S/C17H22N4O2S/c1-4-14-20-21-17(24-14)16(23)19-13-7-5-12(6-8-13)15(22)18-10-9-11(2)3/h5-8,11H,4,9-10H2,1-3H3,(H,18,22)(H,19,23). The maximum atomic E-state index is 12.1. The predicted octanol–water partition coefficient (Wildman–Crippen LogP) is 3.13. The highest BCUT2D eigenvalue weighted by atomic mass is 32.1. The van der Waals surface area contributed by atoms with E-state index >= 15 is 0 Å². The van der Waals surface area contributed by atoms with Crippen LogP contribution in [0.3, 0.4) is 0 Å². The molecule has 0 aliphatic heterocycles. The lowest BCUT2D eigenvalue weighted by Crippen LogP contribution is -2.25. The quantitative estimate of drug-likeness (QED) is 0.807. The largest absolute Gasteiger partial charge is 0.352 e. The number of aryl methyl sites for hydroxylation is 1. The number of benzene rings is 1. The van der Waals surface area contributed by atoms with E-state index in [1.807, 2.05) is 6.92 Å². The molecule has 2 rings (SSSR count). The summed E-state index contributed by atoms with van der Waals surface area (Å²) in [5.74, 6) is 0.156. The molecule has 2 aromatic rings. The van der Waals surface area contributed by atoms with Crippen LogP contribution in [-0.4, -0.2) is 28.6 Å². The Hall–Kier alpha value is -2.28. The van der Waals surface area contributed by atoms with Gasteiger partial charge < -0.3 is 10.6 Å². The van der Waals surface area contributed by atoms with Gasteiger partial charge in [0.1, 0.15) is 5.01 Å². The third kappa shape index (κ3) is 5.13. The monoisotopic (exact) mass is 346 g/mol. The van der Waals surface area contributed by atoms with Crippen LogP contribution >= 0.6 is 11.3 Å². The third-order valence-electron chi connectivity index (χ3n) is 3.38. The molecule has 0 aliphatic rings. The molecule has 1 aromatic carbocycles. The highest BCUT2D eigenvalue weighted by molar-refractivity contribution is 7.13. The molecule has 0 saturated heterocycles. The van der Waals surface area contributed by atoms with Gasteiger partial charge in [-0.15, -0.1) is 10.2 Å². The molecule has 0 saturated carbocycles. The molecule has 128 valence electrons. The van der Waals surface area contributed by atoms with Crippen LogP contribution < -0.4 is 10.6 Å². The fourth-order valence-electron chi connectivity index (χ4n) is 1.95. The first kappa shape index (κ1) is 18.1. The van der Waals surface area contributed by atoms with E-state index in [9.17, 15) is 9.59 Å². The summed E-state index contributed by atoms with van der Waals surface area (Å²) in [4.78, 5) is 24.1. The number of rotatable bonds is 7. The summed E-state index contributed by atoms with van der Waals surface area (Å²) < 4.78 is 0. The molecule has 2 N–H and O–H groups in total. The van der Waals surface area contributed by atoms with Crippen molar-refractivity contribution in [3.05, 3.63) is 39.8 Å². The van der Waals surface area contributed by atoms with Gasteiger partial charge in [0, 0.05) is 17.8 Å². The Kier molecular flexibility index (Phi) is 6.43. The van der Waals surface area contributed by atoms with Crippen molar-refractivity contribution in [3.63, 3.8) is 0 Å². The first-order valence-corrected chi connectivity index (χ1v) is 8.83. The number of hydrogen-bond donors (Lipinski definition) is 2. The van der Waals surface area contributed by atoms with Gasteiger partial charge >= 0.3 is 0 Å². The first-order chi connectivity index (χ1) is 11.5. The molecule has 0 fully saturated rings. The Morgan fingerprint density at radius 1 is 1.12 bits per heavy atom. The van der Waals surface area contributed by atoms with Gasteiger partial charge in [-0.2, -0.15) is 0 Å². The highest BCUT2D eigenvalue weighted by Crippen LogP contribution is 2.14. The predicted molar refractivity (Wildman–Crippen MR) is 95.5 cm³/mol. The summed E-state index contributed by atoms with van der Waals surface area (Å²) in [6, 6.07) is 6.80. The van der Waals surface area contributed by atoms with E-state index in [0.29, 0.717) is 28.7 Å². The Labute approximate surface area is 145 Å². The van der Waals surface area contributed by atoms with Crippen molar-refractivity contribution < 1.29 is 9.59 Å². The molecular weight excluding hydrogens is 324 g/mol. The zero-order chi connectivity index (χ0) is 17.5. The first-order valence-electron chi connectivity index (χ1n) is 8.01. The molecule has 1 aromatic heterocycles. The molecule has 0 spiro atoms. The van der Waals surface area contributed by atoms with Crippen molar-refractivity contribution in [3.8, 4) is 0 Å². The highest BCUT2D eigenvalue weighted by Gasteiger charge is 2.13. The average Bonchev–Trinajstić information content (AvgIpc) is 3.04. The molecule has 0 atom stereocenters. The third-order valence-corrected chi connectivity index (χ3v) is 4.44. The molecule has 0 bridgehead atoms. The summed E-state index contributed by atoms with van der Waals surface area (Å²) in [6.07, 6.45) is 1.70. The second kappa shape index (κ2) is 8.54. The summed E-state index contributed by atoms with van der Waals surface area (Å²) in [6.45, 7) is 6.86. The average molecular weight is 346 g/mol. The molecule has 7 heteroatoms. The van der Waals surface area contributed by atoms with Gasteiger partial charge in [-0.1, -0.05) is 32.1 Å². The molecule has 2 amide bonds. The van der Waals surface area contributed by atoms with Crippen molar-refractivity contribution in [1.29, 1.82) is 0 Å². The molecule has 1 heterocycles. The van der Waals surface area contributed by atoms with Gasteiger partial charge in [0.05, 0.1) is 0 Å². The summed E-state index contributed by atoms with van der Waals surface area (Å²) in [7, 11) is 0. The molecule has 24 heavy (non-hydrogen) atoms. The minimum Gasteiger partial charge on any atom is -0.352 e. The van der Waals surface area contributed by atoms with E-state index < -0.39 is 0 Å². The van der Waals surface area contributed by atoms with Gasteiger partial charge in [0.25, 0.3) is 11.8 Å². The Morgan fingerprint density at radius 2 is 1.83 bits per heavy atom. The van der Waals surface area contributed by atoms with Gasteiger partial charge in [-0.25, -0.2) is 0 Å². The fourth-order valence-corrected chi connectivity index (χ4v) is 2.63. The molecule has 0 aliphatic carbocycles. The number of anilines is 1. The number of carbonyl (C=O) groups is 2. The minimum absolute atomic E-state index is 0.106. The summed E-state index contributed by atoms with van der Waals surface area (Å²) in [5, 5.41) is 14.6. The van der Waals surface area contributed by atoms with Crippen molar-refractivity contribution in [2.75, 3.05) is 11.9 Å². The van der Waals surface area contributed by atoms with E-state index in [1.165, 1.54) is 11.3 Å². The second-order valence-electron chi connectivity index (χ2n) is 5.82. The van der Waals surface area contributed by atoms with Crippen LogP contribution in [0.15, 0.2) is 24.3 Å². The number of nitrogens with zero attached hydrogens (tertiary/aromatic N) is 2. The van der Waals surface area contributed by atoms with Gasteiger partial charge in [0.2, 0.25) is 5.01 Å². The lowest BCUT2D eigenvalue weighted by Gasteiger charge is -2.08. The van der Waals surface area contributed by atoms with Crippen molar-refractivity contribution in [2.45, 2.75) is 33.6 Å². The van der Waals surface area contributed by atoms with E-state index in [-0.39, 0.29) is 11.8 Å². The van der Waals surface area contributed by atoms with E-state index in [0.717, 1.165) is 17.8 Å². The zero-order valence-electron chi connectivity index (χ0n) is 14.1. The van der Waals surface area contributed by atoms with Crippen LogP contribution in [0, 0.1) is 5.92 Å². The minimum atomic E-state index is -0.290. The van der Waals surface area contributed by atoms with E-state index in [4.69, 9.17) is 0 Å². The molecule has 6 nitrogen and oxygen atoms in total. The molecule has 0 unspecified atom stereocenters. The van der Waals surface area contributed by atoms with Crippen molar-refractivity contribution in [1.82, 2.24) is 15.5 Å². The summed E-state index contributed by atoms with van der Waals surface area (Å²) in [5.41, 5.74) is 1.19. The number of amides is 2. The van der Waals surface area contributed by atoms with Crippen LogP contribution in [0.25, 0.3) is 0 Å². The van der Waals surface area contributed by atoms with E-state index in [2.05, 4.69) is 34.7 Å². The maximum absolute atomic E-state index is 12.1. The zero-order valence-corrected chi connectivity index (χ0v) is 14.9. The van der Waals surface area contributed by atoms with Gasteiger partial charge in [0.15, 0.2) is 0 Å². The van der Waals surface area contributed by atoms with Crippen LogP contribution in [0.4, 0.5) is 5.69 Å². The van der Waals surface area contributed by atoms with Crippen molar-refractivity contribution >= 4 is 28.8 Å². The number of aromatic nitrogens is 2. The van der Waals surface area contributed by atoms with E-state index in [1.54, 1.807) is 24.3 Å². The molecular formula is C17H22N4O2S. The maximum Gasteiger partial charge on any atom is 0.286 e. The van der Waals surface area contributed by atoms with Crippen LogP contribution in [0.2, 0.25) is 0 Å². The Balaban J connectivity index is 1.91. The Bertz CT molecular complexity index is 695. The Morgan fingerprint density at radius 3 is 2.42 bits per heavy atom. The topological polar surface area (TPSA) is 84.0 Å². The van der Waals surface area contributed by atoms with Gasteiger partial charge in [-0.3, -0.25) is 9.59 Å². The van der Waals surface area contributed by atoms with Crippen LogP contribution in [0.1, 0.15) is 52.4 Å². The molecule has 0 radical (unpaired) electrons. The van der Waals surface area contributed by atoms with Gasteiger partial charge in [-0.05, 0) is 43.0 Å². The van der Waals surface area contributed by atoms with Crippen molar-refractivity contribution in [2.24, 2.45) is 5.92 Å². The summed E-state index contributed by atoms with van der Waals surface area (Å²) >= 11 is 1.28. The van der Waals surface area contributed by atoms with Crippen LogP contribution in [0.5, 0.6) is 0 Å². The lowest BCUT2D eigenvalue weighted by molar-refractivity contribution is 0.0951. The fraction of sp³-hybridized carbons (Fsp3) is 0.412. The SMILES string of the molecule is CCc1nnc(C(=O)Nc2ccc(C(=O)NCCC(C)C)cc2)s1. The van der Waals surface area contributed by atoms with Crippen LogP contribution in [-0.2, 0) is 6.42 Å². The normalized spacial score (nSPS) is 10.7. The lowest BCUT2D eigenvalue weighted by atomic mass is 10.1. The smallest absolute Gasteiger partial charge is 0.286 e. The number of carbonyl (C=O) groups excluding carboxylic acids is 2. The second-order valence-corrected chi connectivity index (χ2v) is 6.89. The number of hydrogen-bond acceptors (Lipinski definition) is 5.